The summed E-state index contributed by atoms with van der Waals surface area (Å²) in [5.74, 6) is 0.0632. The maximum absolute atomic E-state index is 14.6. The molecule has 0 spiro atoms. The number of benzene rings is 6. The largest absolute Gasteiger partial charge is 0.289 e. The van der Waals surface area contributed by atoms with Crippen LogP contribution in [0.15, 0.2) is 146 Å². The van der Waals surface area contributed by atoms with E-state index in [4.69, 9.17) is 0 Å². The van der Waals surface area contributed by atoms with Crippen molar-refractivity contribution in [2.45, 2.75) is 0 Å². The Morgan fingerprint density at radius 1 is 0.316 bits per heavy atom. The highest BCUT2D eigenvalue weighted by molar-refractivity contribution is 6.60. The average molecular weight is 485 g/mol. The van der Waals surface area contributed by atoms with Crippen LogP contribution in [-0.4, -0.2) is 5.78 Å². The van der Waals surface area contributed by atoms with Crippen molar-refractivity contribution in [3.8, 4) is 0 Å². The number of carbonyl (C=O) groups is 1. The summed E-state index contributed by atoms with van der Waals surface area (Å²) in [6.45, 7) is 0. The van der Waals surface area contributed by atoms with Gasteiger partial charge in [-0.25, -0.2) is 0 Å². The zero-order valence-corrected chi connectivity index (χ0v) is 20.8. The minimum atomic E-state index is 0.0632. The fraction of sp³-hybridized carbons (Fsp3) is 0. The Bertz CT molecular complexity index is 1760. The molecule has 0 heterocycles. The third-order valence-corrected chi connectivity index (χ3v) is 7.45. The Morgan fingerprint density at radius 2 is 0.684 bits per heavy atom. The van der Waals surface area contributed by atoms with Gasteiger partial charge in [-0.15, -0.1) is 0 Å². The van der Waals surface area contributed by atoms with Crippen molar-refractivity contribution in [2.24, 2.45) is 0 Å². The second-order valence-electron chi connectivity index (χ2n) is 9.61. The SMILES string of the molecule is O=C1C(c2ccccc2)=C(c2cccc3ccccc23)C(c2cccc3ccccc23)=C1c1ccccc1. The number of carbonyl (C=O) groups excluding carboxylic acids is 1. The van der Waals surface area contributed by atoms with E-state index < -0.39 is 0 Å². The molecular weight excluding hydrogens is 460 g/mol. The molecule has 0 unspecified atom stereocenters. The van der Waals surface area contributed by atoms with Crippen molar-refractivity contribution in [3.05, 3.63) is 168 Å². The summed E-state index contributed by atoms with van der Waals surface area (Å²) in [6.07, 6.45) is 0. The molecule has 0 fully saturated rings. The second kappa shape index (κ2) is 9.14. The van der Waals surface area contributed by atoms with Crippen molar-refractivity contribution in [1.82, 2.24) is 0 Å². The maximum Gasteiger partial charge on any atom is 0.195 e. The third kappa shape index (κ3) is 3.52. The number of allylic oxidation sites excluding steroid dienone is 4. The Hall–Kier alpha value is -5.01. The van der Waals surface area contributed by atoms with Gasteiger partial charge in [0.15, 0.2) is 5.78 Å². The fourth-order valence-corrected chi connectivity index (χ4v) is 5.79. The van der Waals surface area contributed by atoms with Gasteiger partial charge in [-0.2, -0.15) is 0 Å². The number of fused-ring (bicyclic) bond motifs is 2. The van der Waals surface area contributed by atoms with Crippen molar-refractivity contribution < 1.29 is 4.79 Å². The number of hydrogen-bond donors (Lipinski definition) is 0. The van der Waals surface area contributed by atoms with Gasteiger partial charge in [0.25, 0.3) is 0 Å². The zero-order valence-electron chi connectivity index (χ0n) is 20.8. The summed E-state index contributed by atoms with van der Waals surface area (Å²) in [5.41, 5.74) is 7.51. The molecule has 1 aliphatic carbocycles. The first-order chi connectivity index (χ1) is 18.8. The van der Waals surface area contributed by atoms with Crippen molar-refractivity contribution in [1.29, 1.82) is 0 Å². The lowest BCUT2D eigenvalue weighted by Gasteiger charge is -2.17. The molecule has 178 valence electrons. The van der Waals surface area contributed by atoms with Crippen molar-refractivity contribution >= 4 is 49.6 Å². The van der Waals surface area contributed by atoms with E-state index in [0.717, 1.165) is 66.1 Å². The Labute approximate surface area is 222 Å². The molecule has 7 rings (SSSR count). The lowest BCUT2D eigenvalue weighted by molar-refractivity contribution is -0.108. The Kier molecular flexibility index (Phi) is 5.34. The minimum absolute atomic E-state index is 0.0632. The third-order valence-electron chi connectivity index (χ3n) is 7.45. The van der Waals surface area contributed by atoms with Crippen LogP contribution in [0.4, 0.5) is 0 Å². The van der Waals surface area contributed by atoms with Crippen LogP contribution < -0.4 is 0 Å². The lowest BCUT2D eigenvalue weighted by atomic mass is 9.85. The molecule has 6 aromatic rings. The molecule has 0 saturated carbocycles. The van der Waals surface area contributed by atoms with Crippen LogP contribution in [0.3, 0.4) is 0 Å². The van der Waals surface area contributed by atoms with E-state index in [-0.39, 0.29) is 5.78 Å². The second-order valence-corrected chi connectivity index (χ2v) is 9.61. The normalized spacial score (nSPS) is 13.6. The number of hydrogen-bond acceptors (Lipinski definition) is 1. The molecule has 1 heteroatoms. The molecular formula is C37H24O. The summed E-state index contributed by atoms with van der Waals surface area (Å²) in [4.78, 5) is 14.6. The highest BCUT2D eigenvalue weighted by atomic mass is 16.1. The quantitative estimate of drug-likeness (QED) is 0.244. The summed E-state index contributed by atoms with van der Waals surface area (Å²) in [7, 11) is 0. The molecule has 0 N–H and O–H groups in total. The van der Waals surface area contributed by atoms with Gasteiger partial charge in [-0.3, -0.25) is 4.79 Å². The Balaban J connectivity index is 1.67. The molecule has 1 nitrogen and oxygen atoms in total. The first-order valence-electron chi connectivity index (χ1n) is 12.9. The van der Waals surface area contributed by atoms with Crippen LogP contribution in [0.2, 0.25) is 0 Å². The standard InChI is InChI=1S/C37H24O/c38-37-33(27-15-3-1-4-16-27)35(31-23-11-19-25-13-7-9-21-29(25)31)36(34(37)28-17-5-2-6-18-28)32-24-12-20-26-14-8-10-22-30(26)32/h1-24H. The molecule has 38 heavy (non-hydrogen) atoms. The smallest absolute Gasteiger partial charge is 0.195 e. The monoisotopic (exact) mass is 484 g/mol. The van der Waals surface area contributed by atoms with E-state index in [9.17, 15) is 4.79 Å². The lowest BCUT2D eigenvalue weighted by Crippen LogP contribution is -2.01. The van der Waals surface area contributed by atoms with Crippen molar-refractivity contribution in [3.63, 3.8) is 0 Å². The minimum Gasteiger partial charge on any atom is -0.289 e. The van der Waals surface area contributed by atoms with E-state index >= 15 is 0 Å². The number of rotatable bonds is 4. The molecule has 0 atom stereocenters. The molecule has 0 aliphatic heterocycles. The van der Waals surface area contributed by atoms with E-state index in [2.05, 4.69) is 84.9 Å². The van der Waals surface area contributed by atoms with Crippen LogP contribution in [0.25, 0.3) is 43.8 Å². The van der Waals surface area contributed by atoms with E-state index in [0.29, 0.717) is 0 Å². The molecule has 6 aromatic carbocycles. The van der Waals surface area contributed by atoms with Crippen LogP contribution >= 0.6 is 0 Å². The molecule has 0 radical (unpaired) electrons. The van der Waals surface area contributed by atoms with Crippen LogP contribution in [-0.2, 0) is 4.79 Å². The van der Waals surface area contributed by atoms with Gasteiger partial charge >= 0.3 is 0 Å². The van der Waals surface area contributed by atoms with Crippen LogP contribution in [0, 0.1) is 0 Å². The zero-order chi connectivity index (χ0) is 25.5. The topological polar surface area (TPSA) is 17.1 Å². The number of ketones is 1. The summed E-state index contributed by atoms with van der Waals surface area (Å²) >= 11 is 0. The first kappa shape index (κ1) is 22.2. The van der Waals surface area contributed by atoms with E-state index in [1.165, 1.54) is 0 Å². The Morgan fingerprint density at radius 3 is 1.13 bits per heavy atom. The van der Waals surface area contributed by atoms with Crippen LogP contribution in [0.1, 0.15) is 22.3 Å². The van der Waals surface area contributed by atoms with E-state index in [1.54, 1.807) is 0 Å². The molecule has 1 aliphatic rings. The molecule has 0 saturated heterocycles. The predicted molar refractivity (Wildman–Crippen MR) is 159 cm³/mol. The number of Topliss-reactive ketones (excluding diaryl/α,β-unsaturated/α-hetero) is 1. The van der Waals surface area contributed by atoms with Gasteiger partial charge in [-0.1, -0.05) is 146 Å². The summed E-state index contributed by atoms with van der Waals surface area (Å²) < 4.78 is 0. The van der Waals surface area contributed by atoms with Crippen molar-refractivity contribution in [2.75, 3.05) is 0 Å². The highest BCUT2D eigenvalue weighted by Crippen LogP contribution is 2.51. The van der Waals surface area contributed by atoms with Gasteiger partial charge in [0.05, 0.1) is 0 Å². The van der Waals surface area contributed by atoms with Gasteiger partial charge in [0.2, 0.25) is 0 Å². The fourth-order valence-electron chi connectivity index (χ4n) is 5.79. The first-order valence-corrected chi connectivity index (χ1v) is 12.9. The predicted octanol–water partition coefficient (Wildman–Crippen LogP) is 9.10. The van der Waals surface area contributed by atoms with E-state index in [1.807, 2.05) is 60.7 Å². The van der Waals surface area contributed by atoms with Crippen LogP contribution in [0.5, 0.6) is 0 Å². The van der Waals surface area contributed by atoms with Gasteiger partial charge in [-0.05, 0) is 43.8 Å². The van der Waals surface area contributed by atoms with Gasteiger partial charge in [0, 0.05) is 22.3 Å². The summed E-state index contributed by atoms with van der Waals surface area (Å²) in [6, 6.07) is 49.9. The van der Waals surface area contributed by atoms with Gasteiger partial charge < -0.3 is 0 Å². The molecule has 0 aromatic heterocycles. The highest BCUT2D eigenvalue weighted by Gasteiger charge is 2.36. The maximum atomic E-state index is 14.6. The molecule has 0 amide bonds. The van der Waals surface area contributed by atoms with Gasteiger partial charge in [0.1, 0.15) is 0 Å². The summed E-state index contributed by atoms with van der Waals surface area (Å²) in [5, 5.41) is 4.59. The molecule has 0 bridgehead atoms. The average Bonchev–Trinajstić information content (AvgIpc) is 3.29.